The van der Waals surface area contributed by atoms with E-state index >= 15 is 0 Å². The molecule has 0 saturated heterocycles. The van der Waals surface area contributed by atoms with Gasteiger partial charge in [0.1, 0.15) is 10.8 Å². The summed E-state index contributed by atoms with van der Waals surface area (Å²) in [7, 11) is 1.61. The molecule has 4 aromatic rings. The van der Waals surface area contributed by atoms with Crippen LogP contribution in [0.1, 0.15) is 17.3 Å². The SMILES string of the molecule is COc1ccc2nc(-c3ccc(NC(=O)c4ccc(OC(C)=O)c([N+](=O)[O-])c4)cc3)sc2c1. The van der Waals surface area contributed by atoms with E-state index in [-0.39, 0.29) is 11.3 Å². The second-order valence-electron chi connectivity index (χ2n) is 6.92. The fourth-order valence-corrected chi connectivity index (χ4v) is 4.10. The van der Waals surface area contributed by atoms with Crippen LogP contribution in [0.4, 0.5) is 11.4 Å². The Morgan fingerprint density at radius 2 is 1.82 bits per heavy atom. The third kappa shape index (κ3) is 4.80. The van der Waals surface area contributed by atoms with Crippen molar-refractivity contribution < 1.29 is 24.0 Å². The monoisotopic (exact) mass is 463 g/mol. The second kappa shape index (κ2) is 9.05. The van der Waals surface area contributed by atoms with E-state index in [0.717, 1.165) is 39.5 Å². The minimum Gasteiger partial charge on any atom is -0.497 e. The molecule has 0 aliphatic carbocycles. The van der Waals surface area contributed by atoms with E-state index in [0.29, 0.717) is 5.69 Å². The van der Waals surface area contributed by atoms with Gasteiger partial charge in [-0.25, -0.2) is 4.98 Å². The lowest BCUT2D eigenvalue weighted by Gasteiger charge is -2.08. The molecule has 9 nitrogen and oxygen atoms in total. The van der Waals surface area contributed by atoms with Crippen molar-refractivity contribution in [3.63, 3.8) is 0 Å². The van der Waals surface area contributed by atoms with Gasteiger partial charge in [-0.3, -0.25) is 19.7 Å². The van der Waals surface area contributed by atoms with E-state index in [1.165, 1.54) is 23.5 Å². The largest absolute Gasteiger partial charge is 0.497 e. The first-order chi connectivity index (χ1) is 15.8. The zero-order valence-corrected chi connectivity index (χ0v) is 18.3. The summed E-state index contributed by atoms with van der Waals surface area (Å²) in [4.78, 5) is 38.9. The van der Waals surface area contributed by atoms with Gasteiger partial charge in [0.25, 0.3) is 5.91 Å². The Morgan fingerprint density at radius 1 is 1.06 bits per heavy atom. The number of ether oxygens (including phenoxy) is 2. The van der Waals surface area contributed by atoms with Gasteiger partial charge in [0, 0.05) is 29.8 Å². The quantitative estimate of drug-likeness (QED) is 0.184. The lowest BCUT2D eigenvalue weighted by atomic mass is 10.1. The summed E-state index contributed by atoms with van der Waals surface area (Å²) in [5, 5.41) is 14.8. The Balaban J connectivity index is 1.52. The molecule has 3 aromatic carbocycles. The Bertz CT molecular complexity index is 1380. The highest BCUT2D eigenvalue weighted by Gasteiger charge is 2.20. The number of amides is 1. The van der Waals surface area contributed by atoms with Gasteiger partial charge < -0.3 is 14.8 Å². The molecule has 1 aromatic heterocycles. The fourth-order valence-electron chi connectivity index (χ4n) is 3.10. The van der Waals surface area contributed by atoms with Crippen LogP contribution in [0.15, 0.2) is 60.7 Å². The number of hydrogen-bond acceptors (Lipinski definition) is 8. The van der Waals surface area contributed by atoms with Crippen LogP contribution < -0.4 is 14.8 Å². The number of nitrogens with one attached hydrogen (secondary N) is 1. The van der Waals surface area contributed by atoms with Crippen molar-refractivity contribution in [2.75, 3.05) is 12.4 Å². The van der Waals surface area contributed by atoms with Crippen LogP contribution >= 0.6 is 11.3 Å². The zero-order valence-electron chi connectivity index (χ0n) is 17.5. The van der Waals surface area contributed by atoms with Crippen molar-refractivity contribution in [2.45, 2.75) is 6.92 Å². The number of anilines is 1. The van der Waals surface area contributed by atoms with Gasteiger partial charge in [0.15, 0.2) is 0 Å². The number of aromatic nitrogens is 1. The first kappa shape index (κ1) is 21.9. The highest BCUT2D eigenvalue weighted by atomic mass is 32.1. The minimum atomic E-state index is -0.711. The van der Waals surface area contributed by atoms with Crippen LogP contribution in [0.5, 0.6) is 11.5 Å². The molecule has 0 spiro atoms. The highest BCUT2D eigenvalue weighted by molar-refractivity contribution is 7.21. The summed E-state index contributed by atoms with van der Waals surface area (Å²) < 4.78 is 11.1. The van der Waals surface area contributed by atoms with Crippen molar-refractivity contribution >= 4 is 44.8 Å². The smallest absolute Gasteiger partial charge is 0.312 e. The maximum atomic E-state index is 12.6. The Hall–Kier alpha value is -4.31. The number of esters is 1. The van der Waals surface area contributed by atoms with Gasteiger partial charge in [-0.2, -0.15) is 0 Å². The topological polar surface area (TPSA) is 121 Å². The number of hydrogen-bond donors (Lipinski definition) is 1. The third-order valence-electron chi connectivity index (χ3n) is 4.66. The molecule has 1 amide bonds. The molecule has 10 heteroatoms. The van der Waals surface area contributed by atoms with Gasteiger partial charge in [-0.15, -0.1) is 11.3 Å². The standard InChI is InChI=1S/C23H17N3O6S/c1-13(27)32-20-10-5-15(11-19(20)26(29)30)22(28)24-16-6-3-14(4-7-16)23-25-18-9-8-17(31-2)12-21(18)33-23/h3-12H,1-2H3,(H,24,28). The van der Waals surface area contributed by atoms with Crippen molar-refractivity contribution in [3.8, 4) is 22.1 Å². The van der Waals surface area contributed by atoms with Crippen LogP contribution in [-0.2, 0) is 4.79 Å². The summed E-state index contributed by atoms with van der Waals surface area (Å²) in [6.07, 6.45) is 0. The van der Waals surface area contributed by atoms with E-state index in [1.807, 2.05) is 30.3 Å². The molecule has 0 saturated carbocycles. The molecule has 166 valence electrons. The zero-order chi connectivity index (χ0) is 23.5. The first-order valence-electron chi connectivity index (χ1n) is 9.67. The molecule has 0 atom stereocenters. The van der Waals surface area contributed by atoms with Crippen LogP contribution in [0.2, 0.25) is 0 Å². The van der Waals surface area contributed by atoms with E-state index < -0.39 is 22.5 Å². The van der Waals surface area contributed by atoms with Gasteiger partial charge in [0.05, 0.1) is 22.2 Å². The molecule has 0 aliphatic heterocycles. The van der Waals surface area contributed by atoms with Crippen LogP contribution in [0.3, 0.4) is 0 Å². The summed E-state index contributed by atoms with van der Waals surface area (Å²) in [5.41, 5.74) is 1.85. The van der Waals surface area contributed by atoms with Crippen LogP contribution in [-0.4, -0.2) is 28.9 Å². The number of nitrogens with zero attached hydrogens (tertiary/aromatic N) is 2. The number of thiazole rings is 1. The Labute approximate surface area is 191 Å². The number of rotatable bonds is 6. The Kier molecular flexibility index (Phi) is 6.01. The number of carbonyl (C=O) groups is 2. The molecule has 0 fully saturated rings. The molecule has 0 bridgehead atoms. The molecule has 1 heterocycles. The van der Waals surface area contributed by atoms with Crippen molar-refractivity contribution in [2.24, 2.45) is 0 Å². The molecular formula is C23H17N3O6S. The van der Waals surface area contributed by atoms with Gasteiger partial charge in [-0.05, 0) is 54.6 Å². The van der Waals surface area contributed by atoms with Crippen LogP contribution in [0, 0.1) is 10.1 Å². The van der Waals surface area contributed by atoms with Gasteiger partial charge in [0.2, 0.25) is 5.75 Å². The summed E-state index contributed by atoms with van der Waals surface area (Å²) >= 11 is 1.53. The van der Waals surface area contributed by atoms with E-state index in [4.69, 9.17) is 9.47 Å². The number of fused-ring (bicyclic) bond motifs is 1. The lowest BCUT2D eigenvalue weighted by molar-refractivity contribution is -0.385. The molecular weight excluding hydrogens is 446 g/mol. The molecule has 33 heavy (non-hydrogen) atoms. The maximum Gasteiger partial charge on any atom is 0.312 e. The van der Waals surface area contributed by atoms with E-state index in [9.17, 15) is 19.7 Å². The first-order valence-corrected chi connectivity index (χ1v) is 10.5. The molecule has 0 unspecified atom stereocenters. The average Bonchev–Trinajstić information content (AvgIpc) is 3.22. The van der Waals surface area contributed by atoms with Crippen molar-refractivity contribution in [1.29, 1.82) is 0 Å². The average molecular weight is 463 g/mol. The van der Waals surface area contributed by atoms with Gasteiger partial charge >= 0.3 is 11.7 Å². The Morgan fingerprint density at radius 3 is 2.48 bits per heavy atom. The van der Waals surface area contributed by atoms with Crippen molar-refractivity contribution in [3.05, 3.63) is 76.3 Å². The third-order valence-corrected chi connectivity index (χ3v) is 5.72. The summed E-state index contributed by atoms with van der Waals surface area (Å²) in [6, 6.07) is 16.4. The van der Waals surface area contributed by atoms with E-state index in [2.05, 4.69) is 10.3 Å². The van der Waals surface area contributed by atoms with E-state index in [1.54, 1.807) is 19.2 Å². The minimum absolute atomic E-state index is 0.0572. The van der Waals surface area contributed by atoms with Crippen molar-refractivity contribution in [1.82, 2.24) is 4.98 Å². The normalized spacial score (nSPS) is 10.6. The van der Waals surface area contributed by atoms with Gasteiger partial charge in [-0.1, -0.05) is 0 Å². The maximum absolute atomic E-state index is 12.6. The molecule has 1 N–H and O–H groups in total. The number of methoxy groups -OCH3 is 1. The number of carbonyl (C=O) groups excluding carboxylic acids is 2. The molecule has 0 aliphatic rings. The fraction of sp³-hybridized carbons (Fsp3) is 0.0870. The number of nitro groups is 1. The molecule has 0 radical (unpaired) electrons. The summed E-state index contributed by atoms with van der Waals surface area (Å²) in [6.45, 7) is 1.14. The number of benzene rings is 3. The predicted octanol–water partition coefficient (Wildman–Crippen LogP) is 5.06. The molecule has 4 rings (SSSR count). The lowest BCUT2D eigenvalue weighted by Crippen LogP contribution is -2.12. The highest BCUT2D eigenvalue weighted by Crippen LogP contribution is 2.33. The number of nitro benzene ring substituents is 1. The second-order valence-corrected chi connectivity index (χ2v) is 7.95. The predicted molar refractivity (Wildman–Crippen MR) is 124 cm³/mol. The van der Waals surface area contributed by atoms with Crippen LogP contribution in [0.25, 0.3) is 20.8 Å². The summed E-state index contributed by atoms with van der Waals surface area (Å²) in [5.74, 6) is -0.686.